The second-order valence-electron chi connectivity index (χ2n) is 6.48. The fourth-order valence-corrected chi connectivity index (χ4v) is 3.65. The molecule has 8 heteroatoms. The molecule has 0 fully saturated rings. The lowest BCUT2D eigenvalue weighted by Gasteiger charge is -2.07. The minimum absolute atomic E-state index is 0.280. The van der Waals surface area contributed by atoms with Gasteiger partial charge < -0.3 is 14.8 Å². The van der Waals surface area contributed by atoms with Gasteiger partial charge in [0.15, 0.2) is 0 Å². The predicted molar refractivity (Wildman–Crippen MR) is 116 cm³/mol. The molecule has 0 unspecified atom stereocenters. The van der Waals surface area contributed by atoms with Crippen LogP contribution in [0, 0.1) is 5.82 Å². The van der Waals surface area contributed by atoms with Crippen LogP contribution in [0.25, 0.3) is 10.6 Å². The van der Waals surface area contributed by atoms with Gasteiger partial charge in [0, 0.05) is 30.3 Å². The van der Waals surface area contributed by atoms with E-state index in [0.29, 0.717) is 28.1 Å². The van der Waals surface area contributed by atoms with Crippen LogP contribution in [0.2, 0.25) is 0 Å². The molecule has 0 saturated carbocycles. The Hall–Kier alpha value is -3.78. The lowest BCUT2D eigenvalue weighted by Crippen LogP contribution is -2.23. The summed E-state index contributed by atoms with van der Waals surface area (Å²) in [5.41, 5.74) is 1.97. The number of ether oxygens (including phenoxy) is 2. The maximum atomic E-state index is 13.2. The number of halogens is 1. The van der Waals surface area contributed by atoms with Crippen molar-refractivity contribution in [3.8, 4) is 28.0 Å². The van der Waals surface area contributed by atoms with E-state index in [-0.39, 0.29) is 18.3 Å². The van der Waals surface area contributed by atoms with Gasteiger partial charge >= 0.3 is 0 Å². The van der Waals surface area contributed by atoms with Crippen LogP contribution in [-0.4, -0.2) is 23.0 Å². The molecule has 0 atom stereocenters. The van der Waals surface area contributed by atoms with Gasteiger partial charge in [-0.15, -0.1) is 11.3 Å². The molecule has 1 N–H and O–H groups in total. The maximum absolute atomic E-state index is 13.2. The number of pyridine rings is 1. The van der Waals surface area contributed by atoms with Gasteiger partial charge in [-0.05, 0) is 29.8 Å². The van der Waals surface area contributed by atoms with Gasteiger partial charge in [-0.2, -0.15) is 0 Å². The Labute approximate surface area is 182 Å². The number of carbonyl (C=O) groups excluding carboxylic acids is 1. The molecule has 0 aliphatic rings. The third-order valence-corrected chi connectivity index (χ3v) is 5.22. The van der Waals surface area contributed by atoms with Crippen LogP contribution in [0.15, 0.2) is 72.2 Å². The molecule has 0 aliphatic heterocycles. The lowest BCUT2D eigenvalue weighted by atomic mass is 10.2. The average Bonchev–Trinajstić information content (AvgIpc) is 3.29. The molecule has 2 aromatic heterocycles. The Balaban J connectivity index is 1.36. The monoisotopic (exact) mass is 435 g/mol. The molecule has 0 aliphatic carbocycles. The van der Waals surface area contributed by atoms with Crippen LogP contribution in [0.1, 0.15) is 16.1 Å². The van der Waals surface area contributed by atoms with Crippen molar-refractivity contribution in [2.45, 2.75) is 6.54 Å². The standard InChI is InChI=1S/C23H18FN3O3S/c1-29-20-8-3-2-7-18(20)23-27-19(14-31-23)22(28)26-13-15-9-10-21(25-12-15)30-17-6-4-5-16(24)11-17/h2-12,14H,13H2,1H3,(H,26,28). The predicted octanol–water partition coefficient (Wildman–Crippen LogP) is 5.08. The third kappa shape index (κ3) is 5.04. The molecule has 0 radical (unpaired) electrons. The summed E-state index contributed by atoms with van der Waals surface area (Å²) in [6.45, 7) is 0.285. The number of aromatic nitrogens is 2. The van der Waals surface area contributed by atoms with Gasteiger partial charge in [-0.25, -0.2) is 14.4 Å². The summed E-state index contributed by atoms with van der Waals surface area (Å²) in [4.78, 5) is 21.1. The van der Waals surface area contributed by atoms with E-state index in [0.717, 1.165) is 11.1 Å². The Morgan fingerprint density at radius 2 is 2.00 bits per heavy atom. The number of carbonyl (C=O) groups is 1. The summed E-state index contributed by atoms with van der Waals surface area (Å²) < 4.78 is 24.1. The summed E-state index contributed by atoms with van der Waals surface area (Å²) in [7, 11) is 1.60. The highest BCUT2D eigenvalue weighted by Crippen LogP contribution is 2.31. The molecular formula is C23H18FN3O3S. The number of benzene rings is 2. The van der Waals surface area contributed by atoms with E-state index < -0.39 is 0 Å². The number of thiazole rings is 1. The molecule has 6 nitrogen and oxygen atoms in total. The number of nitrogens with one attached hydrogen (secondary N) is 1. The van der Waals surface area contributed by atoms with Crippen LogP contribution in [0.3, 0.4) is 0 Å². The van der Waals surface area contributed by atoms with Crippen molar-refractivity contribution in [1.82, 2.24) is 15.3 Å². The summed E-state index contributed by atoms with van der Waals surface area (Å²) >= 11 is 1.38. The Kier molecular flexibility index (Phi) is 6.18. The third-order valence-electron chi connectivity index (χ3n) is 4.34. The van der Waals surface area contributed by atoms with E-state index in [1.54, 1.807) is 43.0 Å². The first-order valence-electron chi connectivity index (χ1n) is 9.38. The zero-order valence-corrected chi connectivity index (χ0v) is 17.4. The van der Waals surface area contributed by atoms with E-state index in [1.807, 2.05) is 24.3 Å². The molecule has 156 valence electrons. The highest BCUT2D eigenvalue weighted by Gasteiger charge is 2.14. The Bertz CT molecular complexity index is 1190. The van der Waals surface area contributed by atoms with Crippen molar-refractivity contribution in [3.63, 3.8) is 0 Å². The van der Waals surface area contributed by atoms with Gasteiger partial charge in [0.2, 0.25) is 5.88 Å². The zero-order chi connectivity index (χ0) is 21.6. The van der Waals surface area contributed by atoms with Crippen molar-refractivity contribution in [2.24, 2.45) is 0 Å². The first-order chi connectivity index (χ1) is 15.1. The first kappa shape index (κ1) is 20.5. The normalized spacial score (nSPS) is 10.5. The van der Waals surface area contributed by atoms with Gasteiger partial charge in [-0.1, -0.05) is 24.3 Å². The number of nitrogens with zero attached hydrogens (tertiary/aromatic N) is 2. The van der Waals surface area contributed by atoms with Crippen molar-refractivity contribution in [3.05, 3.63) is 89.3 Å². The van der Waals surface area contributed by atoms with Gasteiger partial charge in [-0.3, -0.25) is 4.79 Å². The molecule has 31 heavy (non-hydrogen) atoms. The molecule has 0 spiro atoms. The molecule has 2 heterocycles. The lowest BCUT2D eigenvalue weighted by molar-refractivity contribution is 0.0946. The van der Waals surface area contributed by atoms with Crippen LogP contribution in [0.4, 0.5) is 4.39 Å². The highest BCUT2D eigenvalue weighted by molar-refractivity contribution is 7.13. The van der Waals surface area contributed by atoms with E-state index in [4.69, 9.17) is 9.47 Å². The van der Waals surface area contributed by atoms with Crippen LogP contribution in [-0.2, 0) is 6.54 Å². The second-order valence-corrected chi connectivity index (χ2v) is 7.34. The average molecular weight is 435 g/mol. The molecule has 2 aromatic carbocycles. The summed E-state index contributed by atoms with van der Waals surface area (Å²) in [5.74, 6) is 0.741. The SMILES string of the molecule is COc1ccccc1-c1nc(C(=O)NCc2ccc(Oc3cccc(F)c3)nc2)cs1. The maximum Gasteiger partial charge on any atom is 0.271 e. The minimum Gasteiger partial charge on any atom is -0.496 e. The van der Waals surface area contributed by atoms with E-state index in [9.17, 15) is 9.18 Å². The van der Waals surface area contributed by atoms with Crippen molar-refractivity contribution in [1.29, 1.82) is 0 Å². The highest BCUT2D eigenvalue weighted by atomic mass is 32.1. The molecular weight excluding hydrogens is 417 g/mol. The summed E-state index contributed by atoms with van der Waals surface area (Å²) in [6, 6.07) is 16.8. The summed E-state index contributed by atoms with van der Waals surface area (Å²) in [6.07, 6.45) is 1.59. The fraction of sp³-hybridized carbons (Fsp3) is 0.0870. The number of para-hydroxylation sites is 1. The molecule has 4 aromatic rings. The van der Waals surface area contributed by atoms with Gasteiger partial charge in [0.1, 0.15) is 28.0 Å². The van der Waals surface area contributed by atoms with Gasteiger partial charge in [0.25, 0.3) is 5.91 Å². The molecule has 1 amide bonds. The quantitative estimate of drug-likeness (QED) is 0.439. The minimum atomic E-state index is -0.382. The number of hydrogen-bond acceptors (Lipinski definition) is 6. The number of hydrogen-bond donors (Lipinski definition) is 1. The van der Waals surface area contributed by atoms with Crippen LogP contribution >= 0.6 is 11.3 Å². The summed E-state index contributed by atoms with van der Waals surface area (Å²) in [5, 5.41) is 5.25. The first-order valence-corrected chi connectivity index (χ1v) is 10.3. The smallest absolute Gasteiger partial charge is 0.271 e. The Morgan fingerprint density at radius 3 is 2.77 bits per heavy atom. The molecule has 0 bridgehead atoms. The van der Waals surface area contributed by atoms with Crippen molar-refractivity contribution >= 4 is 17.2 Å². The fourth-order valence-electron chi connectivity index (χ4n) is 2.82. The second kappa shape index (κ2) is 9.36. The zero-order valence-electron chi connectivity index (χ0n) is 16.5. The number of amides is 1. The van der Waals surface area contributed by atoms with Crippen molar-refractivity contribution in [2.75, 3.05) is 7.11 Å². The topological polar surface area (TPSA) is 73.3 Å². The van der Waals surface area contributed by atoms with Crippen LogP contribution in [0.5, 0.6) is 17.4 Å². The number of methoxy groups -OCH3 is 1. The molecule has 4 rings (SSSR count). The van der Waals surface area contributed by atoms with E-state index in [2.05, 4.69) is 15.3 Å². The van der Waals surface area contributed by atoms with E-state index in [1.165, 1.54) is 23.5 Å². The van der Waals surface area contributed by atoms with E-state index >= 15 is 0 Å². The number of rotatable bonds is 7. The van der Waals surface area contributed by atoms with Crippen molar-refractivity contribution < 1.29 is 18.7 Å². The molecule has 0 saturated heterocycles. The van der Waals surface area contributed by atoms with Gasteiger partial charge in [0.05, 0.1) is 12.7 Å². The largest absolute Gasteiger partial charge is 0.496 e. The van der Waals surface area contributed by atoms with Crippen LogP contribution < -0.4 is 14.8 Å². The Morgan fingerprint density at radius 1 is 1.13 bits per heavy atom.